The van der Waals surface area contributed by atoms with Gasteiger partial charge in [-0.2, -0.15) is 0 Å². The van der Waals surface area contributed by atoms with E-state index in [2.05, 4.69) is 0 Å². The van der Waals surface area contributed by atoms with Crippen LogP contribution in [0.4, 0.5) is 0 Å². The summed E-state index contributed by atoms with van der Waals surface area (Å²) in [7, 11) is 0. The van der Waals surface area contributed by atoms with Crippen molar-refractivity contribution in [1.29, 1.82) is 0 Å². The number of aliphatic hydroxyl groups is 1. The van der Waals surface area contributed by atoms with Crippen LogP contribution in [-0.2, 0) is 5.60 Å². The van der Waals surface area contributed by atoms with Gasteiger partial charge in [-0.15, -0.1) is 0 Å². The van der Waals surface area contributed by atoms with E-state index in [0.29, 0.717) is 0 Å². The van der Waals surface area contributed by atoms with E-state index in [9.17, 15) is 5.11 Å². The maximum Gasteiger partial charge on any atom is 0.119 e. The van der Waals surface area contributed by atoms with Crippen molar-refractivity contribution < 1.29 is 9.84 Å². The van der Waals surface area contributed by atoms with Crippen molar-refractivity contribution in [2.75, 3.05) is 0 Å². The molecule has 0 aliphatic rings. The second-order valence-corrected chi connectivity index (χ2v) is 4.99. The van der Waals surface area contributed by atoms with Crippen LogP contribution in [0.5, 0.6) is 5.75 Å². The van der Waals surface area contributed by atoms with Crippen molar-refractivity contribution in [3.05, 3.63) is 29.8 Å². The molecule has 0 saturated heterocycles. The molecule has 0 aliphatic carbocycles. The molecule has 0 fully saturated rings. The molecular formula is C14H22O2. The Labute approximate surface area is 98.3 Å². The van der Waals surface area contributed by atoms with Crippen LogP contribution in [0.25, 0.3) is 0 Å². The fourth-order valence-electron chi connectivity index (χ4n) is 1.48. The van der Waals surface area contributed by atoms with Crippen molar-refractivity contribution in [1.82, 2.24) is 0 Å². The predicted octanol–water partition coefficient (Wildman–Crippen LogP) is 3.34. The molecule has 0 aromatic heterocycles. The van der Waals surface area contributed by atoms with E-state index in [-0.39, 0.29) is 12.0 Å². The zero-order valence-corrected chi connectivity index (χ0v) is 10.8. The van der Waals surface area contributed by atoms with Gasteiger partial charge in [-0.05, 0) is 44.4 Å². The minimum absolute atomic E-state index is 0.177. The molecule has 0 aliphatic heterocycles. The standard InChI is InChI=1S/C14H22O2/c1-10(2)14(5,15)12-6-8-13(9-7-12)16-11(3)4/h6-11,15H,1-5H3. The number of rotatable bonds is 4. The third-order valence-electron chi connectivity index (χ3n) is 2.93. The molecular weight excluding hydrogens is 200 g/mol. The average molecular weight is 222 g/mol. The van der Waals surface area contributed by atoms with Crippen molar-refractivity contribution in [2.24, 2.45) is 5.92 Å². The lowest BCUT2D eigenvalue weighted by Gasteiger charge is -2.28. The lowest BCUT2D eigenvalue weighted by Crippen LogP contribution is -2.27. The van der Waals surface area contributed by atoms with Gasteiger partial charge >= 0.3 is 0 Å². The minimum Gasteiger partial charge on any atom is -0.491 e. The zero-order valence-electron chi connectivity index (χ0n) is 10.8. The van der Waals surface area contributed by atoms with Gasteiger partial charge in [0.1, 0.15) is 5.75 Å². The molecule has 1 rings (SSSR count). The van der Waals surface area contributed by atoms with Crippen molar-refractivity contribution in [3.8, 4) is 5.75 Å². The van der Waals surface area contributed by atoms with Crippen LogP contribution in [0, 0.1) is 5.92 Å². The fraction of sp³-hybridized carbons (Fsp3) is 0.571. The Hall–Kier alpha value is -1.02. The molecule has 1 atom stereocenters. The highest BCUT2D eigenvalue weighted by molar-refractivity contribution is 5.30. The fourth-order valence-corrected chi connectivity index (χ4v) is 1.48. The van der Waals surface area contributed by atoms with Gasteiger partial charge in [0, 0.05) is 0 Å². The smallest absolute Gasteiger partial charge is 0.119 e. The van der Waals surface area contributed by atoms with Gasteiger partial charge in [-0.3, -0.25) is 0 Å². The van der Waals surface area contributed by atoms with Gasteiger partial charge in [0.15, 0.2) is 0 Å². The Balaban J connectivity index is 2.86. The van der Waals surface area contributed by atoms with E-state index in [1.807, 2.05) is 58.9 Å². The Kier molecular flexibility index (Phi) is 3.98. The topological polar surface area (TPSA) is 29.5 Å². The molecule has 90 valence electrons. The minimum atomic E-state index is -0.781. The van der Waals surface area contributed by atoms with Crippen molar-refractivity contribution in [3.63, 3.8) is 0 Å². The number of hydrogen-bond acceptors (Lipinski definition) is 2. The molecule has 0 radical (unpaired) electrons. The molecule has 0 heterocycles. The largest absolute Gasteiger partial charge is 0.491 e. The maximum atomic E-state index is 10.3. The second kappa shape index (κ2) is 4.88. The van der Waals surface area contributed by atoms with Gasteiger partial charge in [-0.1, -0.05) is 26.0 Å². The van der Waals surface area contributed by atoms with E-state index < -0.39 is 5.60 Å². The van der Waals surface area contributed by atoms with Crippen molar-refractivity contribution >= 4 is 0 Å². The summed E-state index contributed by atoms with van der Waals surface area (Å²) in [5.74, 6) is 1.03. The quantitative estimate of drug-likeness (QED) is 0.846. The molecule has 0 bridgehead atoms. The molecule has 0 amide bonds. The summed E-state index contributed by atoms with van der Waals surface area (Å²) in [6, 6.07) is 7.67. The first-order valence-electron chi connectivity index (χ1n) is 5.83. The number of ether oxygens (including phenoxy) is 1. The molecule has 0 saturated carbocycles. The van der Waals surface area contributed by atoms with Crippen LogP contribution in [-0.4, -0.2) is 11.2 Å². The highest BCUT2D eigenvalue weighted by atomic mass is 16.5. The molecule has 2 heteroatoms. The highest BCUT2D eigenvalue weighted by Gasteiger charge is 2.26. The van der Waals surface area contributed by atoms with Crippen LogP contribution in [0.1, 0.15) is 40.2 Å². The van der Waals surface area contributed by atoms with E-state index in [0.717, 1.165) is 11.3 Å². The van der Waals surface area contributed by atoms with Crippen LogP contribution in [0.3, 0.4) is 0 Å². The summed E-state index contributed by atoms with van der Waals surface area (Å²) < 4.78 is 5.56. The summed E-state index contributed by atoms with van der Waals surface area (Å²) in [5.41, 5.74) is 0.148. The Bertz CT molecular complexity index is 323. The maximum absolute atomic E-state index is 10.3. The van der Waals surface area contributed by atoms with Gasteiger partial charge < -0.3 is 9.84 Å². The number of benzene rings is 1. The lowest BCUT2D eigenvalue weighted by molar-refractivity contribution is 0.00900. The third kappa shape index (κ3) is 2.99. The normalized spacial score (nSPS) is 15.2. The zero-order chi connectivity index (χ0) is 12.3. The first-order valence-corrected chi connectivity index (χ1v) is 5.83. The van der Waals surface area contributed by atoms with Gasteiger partial charge in [0.25, 0.3) is 0 Å². The first-order chi connectivity index (χ1) is 7.34. The van der Waals surface area contributed by atoms with Crippen LogP contribution in [0.2, 0.25) is 0 Å². The summed E-state index contributed by atoms with van der Waals surface area (Å²) in [5, 5.41) is 10.3. The monoisotopic (exact) mass is 222 g/mol. The summed E-state index contributed by atoms with van der Waals surface area (Å²) in [4.78, 5) is 0. The molecule has 1 N–H and O–H groups in total. The Morgan fingerprint density at radius 2 is 1.56 bits per heavy atom. The molecule has 1 unspecified atom stereocenters. The predicted molar refractivity (Wildman–Crippen MR) is 66.6 cm³/mol. The van der Waals surface area contributed by atoms with Crippen LogP contribution >= 0.6 is 0 Å². The number of hydrogen-bond donors (Lipinski definition) is 1. The summed E-state index contributed by atoms with van der Waals surface area (Å²) in [6.07, 6.45) is 0.177. The molecule has 1 aromatic rings. The van der Waals surface area contributed by atoms with Gasteiger partial charge in [0.05, 0.1) is 11.7 Å². The van der Waals surface area contributed by atoms with Gasteiger partial charge in [-0.25, -0.2) is 0 Å². The Morgan fingerprint density at radius 3 is 1.94 bits per heavy atom. The highest BCUT2D eigenvalue weighted by Crippen LogP contribution is 2.30. The van der Waals surface area contributed by atoms with Gasteiger partial charge in [0.2, 0.25) is 0 Å². The summed E-state index contributed by atoms with van der Waals surface area (Å²) in [6.45, 7) is 9.86. The van der Waals surface area contributed by atoms with Crippen molar-refractivity contribution in [2.45, 2.75) is 46.3 Å². The molecule has 16 heavy (non-hydrogen) atoms. The second-order valence-electron chi connectivity index (χ2n) is 4.99. The first kappa shape index (κ1) is 13.0. The molecule has 2 nitrogen and oxygen atoms in total. The van der Waals surface area contributed by atoms with Crippen LogP contribution < -0.4 is 4.74 Å². The third-order valence-corrected chi connectivity index (χ3v) is 2.93. The molecule has 0 spiro atoms. The Morgan fingerprint density at radius 1 is 1.06 bits per heavy atom. The average Bonchev–Trinajstić information content (AvgIpc) is 2.17. The summed E-state index contributed by atoms with van der Waals surface area (Å²) >= 11 is 0. The van der Waals surface area contributed by atoms with Crippen LogP contribution in [0.15, 0.2) is 24.3 Å². The van der Waals surface area contributed by atoms with E-state index in [1.54, 1.807) is 0 Å². The lowest BCUT2D eigenvalue weighted by atomic mass is 9.85. The SMILES string of the molecule is CC(C)Oc1ccc(C(C)(O)C(C)C)cc1. The van der Waals surface area contributed by atoms with E-state index >= 15 is 0 Å². The molecule has 1 aromatic carbocycles. The van der Waals surface area contributed by atoms with E-state index in [4.69, 9.17) is 4.74 Å². The van der Waals surface area contributed by atoms with E-state index in [1.165, 1.54) is 0 Å².